The van der Waals surface area contributed by atoms with E-state index in [2.05, 4.69) is 38.0 Å². The maximum atomic E-state index is 12.5. The van der Waals surface area contributed by atoms with Gasteiger partial charge in [-0.25, -0.2) is 4.98 Å². The molecule has 1 aromatic rings. The minimum atomic E-state index is -0.0630. The van der Waals surface area contributed by atoms with Crippen LogP contribution in [0.3, 0.4) is 0 Å². The molecule has 0 aromatic carbocycles. The minimum absolute atomic E-state index is 0.0210. The highest BCUT2D eigenvalue weighted by Gasteiger charge is 2.29. The number of hydrogen-bond acceptors (Lipinski definition) is 5. The monoisotopic (exact) mass is 298 g/mol. The highest BCUT2D eigenvalue weighted by atomic mass is 32.1. The number of rotatable bonds is 5. The van der Waals surface area contributed by atoms with Gasteiger partial charge in [-0.2, -0.15) is 0 Å². The lowest BCUT2D eigenvalue weighted by Crippen LogP contribution is -2.42. The third kappa shape index (κ3) is 3.85. The van der Waals surface area contributed by atoms with Crippen molar-refractivity contribution in [3.05, 3.63) is 4.88 Å². The van der Waals surface area contributed by atoms with Crippen LogP contribution >= 0.6 is 11.3 Å². The molecule has 1 rings (SSSR count). The summed E-state index contributed by atoms with van der Waals surface area (Å²) in [6.07, 6.45) is 1.00. The van der Waals surface area contributed by atoms with Crippen molar-refractivity contribution in [2.24, 2.45) is 5.41 Å². The van der Waals surface area contributed by atoms with Gasteiger partial charge in [0, 0.05) is 19.6 Å². The molecule has 5 nitrogen and oxygen atoms in total. The molecule has 0 fully saturated rings. The first kappa shape index (κ1) is 16.8. The number of anilines is 2. The number of nitrogens with zero attached hydrogens (tertiary/aromatic N) is 2. The Hall–Kier alpha value is -1.30. The van der Waals surface area contributed by atoms with E-state index in [1.54, 1.807) is 4.90 Å². The molecule has 0 saturated carbocycles. The molecular weight excluding hydrogens is 272 g/mol. The van der Waals surface area contributed by atoms with E-state index < -0.39 is 0 Å². The molecule has 20 heavy (non-hydrogen) atoms. The minimum Gasteiger partial charge on any atom is -0.382 e. The van der Waals surface area contributed by atoms with Gasteiger partial charge in [0.05, 0.1) is 0 Å². The van der Waals surface area contributed by atoms with E-state index in [0.29, 0.717) is 15.8 Å². The van der Waals surface area contributed by atoms with E-state index in [4.69, 9.17) is 5.73 Å². The normalized spacial score (nSPS) is 13.1. The molecule has 0 radical (unpaired) electrons. The number of thiazole rings is 1. The third-order valence-corrected chi connectivity index (χ3v) is 4.55. The number of nitrogens with one attached hydrogen (secondary N) is 1. The summed E-state index contributed by atoms with van der Waals surface area (Å²) in [5, 5.41) is 3.88. The molecule has 1 aromatic heterocycles. The zero-order chi connectivity index (χ0) is 15.5. The number of hydrogen-bond donors (Lipinski definition) is 2. The Balaban J connectivity index is 2.89. The standard InChI is InChI=1S/C14H26N4OS/c1-7-8-16-13-17-11(15)10(20-13)12(19)18(6)9(2)14(3,4)5/h9H,7-8,15H2,1-6H3,(H,16,17). The molecule has 0 aliphatic carbocycles. The van der Waals surface area contributed by atoms with Crippen molar-refractivity contribution in [2.45, 2.75) is 47.1 Å². The van der Waals surface area contributed by atoms with Crippen molar-refractivity contribution in [3.8, 4) is 0 Å². The number of carbonyl (C=O) groups excluding carboxylic acids is 1. The van der Waals surface area contributed by atoms with E-state index in [9.17, 15) is 4.79 Å². The van der Waals surface area contributed by atoms with Crippen molar-refractivity contribution in [1.29, 1.82) is 0 Å². The lowest BCUT2D eigenvalue weighted by Gasteiger charge is -2.35. The molecule has 0 spiro atoms. The van der Waals surface area contributed by atoms with E-state index in [0.717, 1.165) is 13.0 Å². The van der Waals surface area contributed by atoms with Gasteiger partial charge in [0.1, 0.15) is 10.7 Å². The molecule has 114 valence electrons. The summed E-state index contributed by atoms with van der Waals surface area (Å²) in [7, 11) is 1.82. The molecule has 1 amide bonds. The Morgan fingerprint density at radius 3 is 2.60 bits per heavy atom. The maximum absolute atomic E-state index is 12.5. The average Bonchev–Trinajstić information content (AvgIpc) is 2.73. The van der Waals surface area contributed by atoms with Gasteiger partial charge in [0.15, 0.2) is 5.13 Å². The summed E-state index contributed by atoms with van der Waals surface area (Å²) in [6, 6.07) is 0.114. The van der Waals surface area contributed by atoms with Gasteiger partial charge in [0.2, 0.25) is 0 Å². The Bertz CT molecular complexity index is 464. The number of amides is 1. The fourth-order valence-corrected chi connectivity index (χ4v) is 2.60. The van der Waals surface area contributed by atoms with Crippen LogP contribution in [0.1, 0.15) is 50.7 Å². The van der Waals surface area contributed by atoms with Crippen LogP contribution in [0.15, 0.2) is 0 Å². The first-order chi connectivity index (χ1) is 9.18. The summed E-state index contributed by atoms with van der Waals surface area (Å²) < 4.78 is 0. The highest BCUT2D eigenvalue weighted by Crippen LogP contribution is 2.29. The van der Waals surface area contributed by atoms with Crippen molar-refractivity contribution in [1.82, 2.24) is 9.88 Å². The van der Waals surface area contributed by atoms with Crippen molar-refractivity contribution < 1.29 is 4.79 Å². The Morgan fingerprint density at radius 2 is 2.10 bits per heavy atom. The van der Waals surface area contributed by atoms with E-state index in [1.807, 2.05) is 14.0 Å². The van der Waals surface area contributed by atoms with Gasteiger partial charge in [-0.3, -0.25) is 4.79 Å². The van der Waals surface area contributed by atoms with Crippen molar-refractivity contribution >= 4 is 28.2 Å². The smallest absolute Gasteiger partial charge is 0.267 e. The quantitative estimate of drug-likeness (QED) is 0.876. The van der Waals surface area contributed by atoms with Gasteiger partial charge in [-0.15, -0.1) is 0 Å². The lowest BCUT2D eigenvalue weighted by atomic mass is 9.87. The molecule has 3 N–H and O–H groups in total. The van der Waals surface area contributed by atoms with Crippen LogP contribution < -0.4 is 11.1 Å². The first-order valence-electron chi connectivity index (χ1n) is 6.95. The SMILES string of the molecule is CCCNc1nc(N)c(C(=O)N(C)C(C)C(C)(C)C)s1. The summed E-state index contributed by atoms with van der Waals surface area (Å²) in [4.78, 5) is 19.0. The molecular formula is C14H26N4OS. The van der Waals surface area contributed by atoms with Gasteiger partial charge in [-0.1, -0.05) is 39.0 Å². The van der Waals surface area contributed by atoms with Gasteiger partial charge in [-0.05, 0) is 18.8 Å². The molecule has 6 heteroatoms. The zero-order valence-corrected chi connectivity index (χ0v) is 14.1. The van der Waals surface area contributed by atoms with Gasteiger partial charge in [0.25, 0.3) is 5.91 Å². The number of nitrogen functional groups attached to an aromatic ring is 1. The topological polar surface area (TPSA) is 71.2 Å². The van der Waals surface area contributed by atoms with Crippen LogP contribution in [0.4, 0.5) is 10.9 Å². The summed E-state index contributed by atoms with van der Waals surface area (Å²) in [6.45, 7) is 11.3. The molecule has 0 bridgehead atoms. The number of nitrogens with two attached hydrogens (primary N) is 1. The molecule has 0 aliphatic rings. The highest BCUT2D eigenvalue weighted by molar-refractivity contribution is 7.18. The summed E-state index contributed by atoms with van der Waals surface area (Å²) in [5.74, 6) is 0.249. The Kier molecular flexibility index (Phi) is 5.39. The van der Waals surface area contributed by atoms with Crippen LogP contribution in [0.25, 0.3) is 0 Å². The van der Waals surface area contributed by atoms with Gasteiger partial charge < -0.3 is 16.0 Å². The largest absolute Gasteiger partial charge is 0.382 e. The second-order valence-electron chi connectivity index (χ2n) is 6.12. The van der Waals surface area contributed by atoms with Crippen molar-refractivity contribution in [2.75, 3.05) is 24.6 Å². The van der Waals surface area contributed by atoms with E-state index in [-0.39, 0.29) is 17.4 Å². The molecule has 0 aliphatic heterocycles. The Labute approximate surface area is 125 Å². The van der Waals surface area contributed by atoms with Crippen LogP contribution in [-0.4, -0.2) is 35.4 Å². The molecule has 1 heterocycles. The predicted octanol–water partition coefficient (Wildman–Crippen LogP) is 3.05. The third-order valence-electron chi connectivity index (χ3n) is 3.53. The molecule has 1 unspecified atom stereocenters. The molecule has 1 atom stereocenters. The van der Waals surface area contributed by atoms with E-state index >= 15 is 0 Å². The first-order valence-corrected chi connectivity index (χ1v) is 7.77. The fraction of sp³-hybridized carbons (Fsp3) is 0.714. The second-order valence-corrected chi connectivity index (χ2v) is 7.12. The van der Waals surface area contributed by atoms with Crippen LogP contribution in [0.5, 0.6) is 0 Å². The number of aromatic nitrogens is 1. The summed E-state index contributed by atoms with van der Waals surface area (Å²) >= 11 is 1.33. The van der Waals surface area contributed by atoms with Crippen molar-refractivity contribution in [3.63, 3.8) is 0 Å². The predicted molar refractivity (Wildman–Crippen MR) is 86.3 cm³/mol. The lowest BCUT2D eigenvalue weighted by molar-refractivity contribution is 0.0635. The van der Waals surface area contributed by atoms with Crippen LogP contribution in [-0.2, 0) is 0 Å². The average molecular weight is 298 g/mol. The maximum Gasteiger partial charge on any atom is 0.267 e. The number of carbonyl (C=O) groups is 1. The molecule has 0 saturated heterocycles. The van der Waals surface area contributed by atoms with E-state index in [1.165, 1.54) is 11.3 Å². The van der Waals surface area contributed by atoms with Gasteiger partial charge >= 0.3 is 0 Å². The zero-order valence-electron chi connectivity index (χ0n) is 13.3. The van der Waals surface area contributed by atoms with Crippen LogP contribution in [0.2, 0.25) is 0 Å². The fourth-order valence-electron chi connectivity index (χ4n) is 1.71. The summed E-state index contributed by atoms with van der Waals surface area (Å²) in [5.41, 5.74) is 5.89. The second kappa shape index (κ2) is 6.43. The van der Waals surface area contributed by atoms with Crippen LogP contribution in [0, 0.1) is 5.41 Å². The Morgan fingerprint density at radius 1 is 1.50 bits per heavy atom.